The van der Waals surface area contributed by atoms with Crippen molar-refractivity contribution in [2.24, 2.45) is 5.92 Å². The first-order valence-electron chi connectivity index (χ1n) is 9.51. The number of benzene rings is 1. The van der Waals surface area contributed by atoms with Gasteiger partial charge in [0.25, 0.3) is 5.91 Å². The van der Waals surface area contributed by atoms with Crippen LogP contribution in [0.2, 0.25) is 0 Å². The number of nitrogens with zero attached hydrogens (tertiary/aromatic N) is 1. The van der Waals surface area contributed by atoms with Crippen molar-refractivity contribution in [3.63, 3.8) is 0 Å². The van der Waals surface area contributed by atoms with E-state index in [1.165, 1.54) is 16.4 Å². The van der Waals surface area contributed by atoms with Crippen LogP contribution in [0.25, 0.3) is 0 Å². The van der Waals surface area contributed by atoms with Gasteiger partial charge in [0.05, 0.1) is 10.8 Å². The number of esters is 1. The molecule has 0 saturated carbocycles. The highest BCUT2D eigenvalue weighted by molar-refractivity contribution is 7.89. The number of amides is 1. The maximum atomic E-state index is 12.7. The molecule has 0 heterocycles. The Hall–Kier alpha value is -2.19. The minimum Gasteiger partial charge on any atom is -0.455 e. The molecular weight excluding hydrogens is 380 g/mol. The maximum Gasteiger partial charge on any atom is 0.309 e. The first-order valence-corrected chi connectivity index (χ1v) is 11.0. The van der Waals surface area contributed by atoms with Gasteiger partial charge in [-0.1, -0.05) is 32.1 Å². The molecule has 0 aliphatic heterocycles. The van der Waals surface area contributed by atoms with Gasteiger partial charge in [-0.3, -0.25) is 9.59 Å². The third-order valence-corrected chi connectivity index (χ3v) is 6.82. The van der Waals surface area contributed by atoms with Crippen molar-refractivity contribution in [3.05, 3.63) is 35.9 Å². The van der Waals surface area contributed by atoms with Gasteiger partial charge in [0, 0.05) is 18.8 Å². The van der Waals surface area contributed by atoms with Crippen LogP contribution in [-0.2, 0) is 24.3 Å². The molecule has 1 amide bonds. The maximum absolute atomic E-state index is 12.7. The molecule has 8 heteroatoms. The van der Waals surface area contributed by atoms with Gasteiger partial charge in [0.2, 0.25) is 10.0 Å². The molecule has 0 fully saturated rings. The third kappa shape index (κ3) is 5.42. The number of anilines is 1. The first kappa shape index (κ1) is 22.1. The molecule has 0 bridgehead atoms. The van der Waals surface area contributed by atoms with E-state index in [1.54, 1.807) is 26.8 Å². The molecule has 0 saturated heterocycles. The van der Waals surface area contributed by atoms with Crippen molar-refractivity contribution in [2.75, 3.05) is 25.0 Å². The van der Waals surface area contributed by atoms with E-state index < -0.39 is 22.5 Å². The van der Waals surface area contributed by atoms with Crippen LogP contribution in [0.5, 0.6) is 0 Å². The second-order valence-corrected chi connectivity index (χ2v) is 8.64. The van der Waals surface area contributed by atoms with Crippen LogP contribution < -0.4 is 5.32 Å². The zero-order chi connectivity index (χ0) is 20.7. The largest absolute Gasteiger partial charge is 0.455 e. The summed E-state index contributed by atoms with van der Waals surface area (Å²) in [5, 5.41) is 2.64. The number of aryl methyl sites for hydroxylation is 1. The normalized spacial score (nSPS) is 16.8. The van der Waals surface area contributed by atoms with Crippen LogP contribution in [0, 0.1) is 12.8 Å². The Morgan fingerprint density at radius 3 is 2.54 bits per heavy atom. The molecular formula is C20H28N2O5S. The molecule has 1 aromatic rings. The second kappa shape index (κ2) is 9.84. The highest BCUT2D eigenvalue weighted by Gasteiger charge is 2.23. The summed E-state index contributed by atoms with van der Waals surface area (Å²) in [5.41, 5.74) is 1.10. The summed E-state index contributed by atoms with van der Waals surface area (Å²) in [5.74, 6) is -1.09. The Morgan fingerprint density at radius 2 is 1.93 bits per heavy atom. The van der Waals surface area contributed by atoms with Gasteiger partial charge in [-0.15, -0.1) is 0 Å². The average molecular weight is 409 g/mol. The number of carbonyl (C=O) groups excluding carboxylic acids is 2. The third-order valence-electron chi connectivity index (χ3n) is 4.77. The molecule has 1 atom stereocenters. The van der Waals surface area contributed by atoms with Crippen LogP contribution >= 0.6 is 0 Å². The lowest BCUT2D eigenvalue weighted by Crippen LogP contribution is -2.30. The van der Waals surface area contributed by atoms with E-state index in [1.807, 2.05) is 12.2 Å². The molecule has 0 radical (unpaired) electrons. The van der Waals surface area contributed by atoms with E-state index in [0.717, 1.165) is 18.4 Å². The summed E-state index contributed by atoms with van der Waals surface area (Å²) in [6.07, 6.45) is 6.16. The Kier molecular flexibility index (Phi) is 7.77. The van der Waals surface area contributed by atoms with Crippen LogP contribution in [0.1, 0.15) is 38.7 Å². The van der Waals surface area contributed by atoms with Crippen LogP contribution in [0.3, 0.4) is 0 Å². The van der Waals surface area contributed by atoms with Crippen molar-refractivity contribution in [3.8, 4) is 0 Å². The summed E-state index contributed by atoms with van der Waals surface area (Å²) >= 11 is 0. The van der Waals surface area contributed by atoms with E-state index in [2.05, 4.69) is 5.32 Å². The van der Waals surface area contributed by atoms with Crippen molar-refractivity contribution in [2.45, 2.75) is 44.9 Å². The number of nitrogens with one attached hydrogen (secondary N) is 1. The van der Waals surface area contributed by atoms with Gasteiger partial charge in [0.1, 0.15) is 0 Å². The van der Waals surface area contributed by atoms with Gasteiger partial charge in [-0.2, -0.15) is 4.31 Å². The summed E-state index contributed by atoms with van der Waals surface area (Å²) in [7, 11) is -3.63. The Labute approximate surface area is 166 Å². The van der Waals surface area contributed by atoms with Gasteiger partial charge in [-0.25, -0.2) is 8.42 Å². The van der Waals surface area contributed by atoms with Crippen molar-refractivity contribution >= 4 is 27.6 Å². The first-order chi connectivity index (χ1) is 13.3. The highest BCUT2D eigenvalue weighted by atomic mass is 32.2. The number of rotatable bonds is 8. The summed E-state index contributed by atoms with van der Waals surface area (Å²) in [4.78, 5) is 24.3. The minimum absolute atomic E-state index is 0.114. The van der Waals surface area contributed by atoms with Crippen LogP contribution in [0.15, 0.2) is 35.2 Å². The van der Waals surface area contributed by atoms with Crippen molar-refractivity contribution < 1.29 is 22.7 Å². The molecule has 1 N–H and O–H groups in total. The van der Waals surface area contributed by atoms with E-state index in [4.69, 9.17) is 4.74 Å². The number of hydrogen-bond donors (Lipinski definition) is 1. The van der Waals surface area contributed by atoms with Crippen molar-refractivity contribution in [1.29, 1.82) is 0 Å². The Balaban J connectivity index is 2.04. The van der Waals surface area contributed by atoms with Crippen LogP contribution in [-0.4, -0.2) is 44.3 Å². The highest BCUT2D eigenvalue weighted by Crippen LogP contribution is 2.23. The molecule has 7 nitrogen and oxygen atoms in total. The second-order valence-electron chi connectivity index (χ2n) is 6.70. The standard InChI is InChI=1S/C20H28N2O5S/c1-4-22(5-2)28(25,26)17-12-11-15(3)18(13-17)21-19(23)14-27-20(24)16-9-7-6-8-10-16/h6-7,11-13,16H,4-5,8-10,14H2,1-3H3,(H,21,23)/t16-/m1/s1. The number of hydrogen-bond acceptors (Lipinski definition) is 5. The van der Waals surface area contributed by atoms with Crippen LogP contribution in [0.4, 0.5) is 5.69 Å². The number of sulfonamides is 1. The summed E-state index contributed by atoms with van der Waals surface area (Å²) in [6.45, 7) is 5.64. The topological polar surface area (TPSA) is 92.8 Å². The van der Waals surface area contributed by atoms with E-state index in [0.29, 0.717) is 25.2 Å². The molecule has 2 rings (SSSR count). The Bertz CT molecular complexity index is 844. The fourth-order valence-corrected chi connectivity index (χ4v) is 4.54. The molecule has 0 aromatic heterocycles. The van der Waals surface area contributed by atoms with E-state index in [-0.39, 0.29) is 16.8 Å². The minimum atomic E-state index is -3.63. The average Bonchev–Trinajstić information content (AvgIpc) is 2.69. The number of allylic oxidation sites excluding steroid dienone is 2. The summed E-state index contributed by atoms with van der Waals surface area (Å²) < 4.78 is 31.8. The fourth-order valence-electron chi connectivity index (χ4n) is 3.06. The molecule has 0 unspecified atom stereocenters. The van der Waals surface area contributed by atoms with Gasteiger partial charge in [-0.05, 0) is 43.9 Å². The quantitative estimate of drug-likeness (QED) is 0.527. The molecule has 28 heavy (non-hydrogen) atoms. The van der Waals surface area contributed by atoms with Crippen molar-refractivity contribution in [1.82, 2.24) is 4.31 Å². The molecule has 1 aliphatic rings. The van der Waals surface area contributed by atoms with Gasteiger partial charge >= 0.3 is 5.97 Å². The van der Waals surface area contributed by atoms with Gasteiger partial charge < -0.3 is 10.1 Å². The fraction of sp³-hybridized carbons (Fsp3) is 0.500. The number of carbonyl (C=O) groups is 2. The monoisotopic (exact) mass is 408 g/mol. The predicted octanol–water partition coefficient (Wildman–Crippen LogP) is 2.86. The molecule has 1 aliphatic carbocycles. The predicted molar refractivity (Wildman–Crippen MR) is 107 cm³/mol. The van der Waals surface area contributed by atoms with E-state index in [9.17, 15) is 18.0 Å². The van der Waals surface area contributed by atoms with Gasteiger partial charge in [0.15, 0.2) is 6.61 Å². The Morgan fingerprint density at radius 1 is 1.21 bits per heavy atom. The molecule has 154 valence electrons. The number of ether oxygens (including phenoxy) is 1. The molecule has 1 aromatic carbocycles. The molecule has 0 spiro atoms. The zero-order valence-electron chi connectivity index (χ0n) is 16.6. The lowest BCUT2D eigenvalue weighted by atomic mass is 9.95. The summed E-state index contributed by atoms with van der Waals surface area (Å²) in [6, 6.07) is 4.61. The lowest BCUT2D eigenvalue weighted by molar-refractivity contribution is -0.151. The smallest absolute Gasteiger partial charge is 0.309 e. The lowest BCUT2D eigenvalue weighted by Gasteiger charge is -2.19. The van der Waals surface area contributed by atoms with E-state index >= 15 is 0 Å². The zero-order valence-corrected chi connectivity index (χ0v) is 17.4. The SMILES string of the molecule is CCN(CC)S(=O)(=O)c1ccc(C)c(NC(=O)COC(=O)[C@@H]2CC=CCC2)c1.